The Morgan fingerprint density at radius 3 is 2.15 bits per heavy atom. The van der Waals surface area contributed by atoms with Gasteiger partial charge in [0.05, 0.1) is 6.04 Å². The molecule has 1 aliphatic carbocycles. The highest BCUT2D eigenvalue weighted by Gasteiger charge is 2.36. The van der Waals surface area contributed by atoms with E-state index in [1.54, 1.807) is 0 Å². The molecule has 1 saturated heterocycles. The molecule has 0 radical (unpaired) electrons. The molecule has 110 valence electrons. The van der Waals surface area contributed by atoms with Crippen LogP contribution in [0.4, 0.5) is 0 Å². The smallest absolute Gasteiger partial charge is 0.0504 e. The van der Waals surface area contributed by atoms with Gasteiger partial charge in [-0.25, -0.2) is 0 Å². The average Bonchev–Trinajstić information content (AvgIpc) is 3.22. The van der Waals surface area contributed by atoms with Gasteiger partial charge in [0.2, 0.25) is 0 Å². The van der Waals surface area contributed by atoms with Gasteiger partial charge in [0.25, 0.3) is 0 Å². The predicted molar refractivity (Wildman–Crippen MR) is 84.8 cm³/mol. The second kappa shape index (κ2) is 5.16. The highest BCUT2D eigenvalue weighted by atomic mass is 15.2. The van der Waals surface area contributed by atoms with Gasteiger partial charge in [0.1, 0.15) is 0 Å². The molecular formula is C18H28N2. The average molecular weight is 272 g/mol. The van der Waals surface area contributed by atoms with E-state index in [1.165, 1.54) is 30.4 Å². The number of hydrogen-bond donors (Lipinski definition) is 1. The quantitative estimate of drug-likeness (QED) is 0.886. The van der Waals surface area contributed by atoms with Crippen LogP contribution >= 0.6 is 0 Å². The molecule has 1 aromatic carbocycles. The maximum absolute atomic E-state index is 6.47. The molecule has 2 nitrogen and oxygen atoms in total. The Hall–Kier alpha value is -0.860. The second-order valence-electron chi connectivity index (χ2n) is 7.56. The van der Waals surface area contributed by atoms with E-state index in [0.29, 0.717) is 6.04 Å². The first-order valence-corrected chi connectivity index (χ1v) is 8.09. The highest BCUT2D eigenvalue weighted by molar-refractivity contribution is 5.31. The van der Waals surface area contributed by atoms with Crippen LogP contribution in [-0.4, -0.2) is 23.0 Å². The first-order valence-electron chi connectivity index (χ1n) is 8.09. The molecule has 2 heteroatoms. The van der Waals surface area contributed by atoms with E-state index in [1.807, 2.05) is 0 Å². The Bertz CT molecular complexity index is 453. The molecule has 0 aromatic heterocycles. The second-order valence-corrected chi connectivity index (χ2v) is 7.56. The zero-order valence-corrected chi connectivity index (χ0v) is 13.1. The molecule has 2 unspecified atom stereocenters. The van der Waals surface area contributed by atoms with Crippen LogP contribution in [0.15, 0.2) is 24.3 Å². The summed E-state index contributed by atoms with van der Waals surface area (Å²) >= 11 is 0. The van der Waals surface area contributed by atoms with E-state index in [-0.39, 0.29) is 11.6 Å². The lowest BCUT2D eigenvalue weighted by atomic mass is 9.86. The summed E-state index contributed by atoms with van der Waals surface area (Å²) in [7, 11) is 0. The van der Waals surface area contributed by atoms with E-state index >= 15 is 0 Å². The largest absolute Gasteiger partial charge is 0.326 e. The summed E-state index contributed by atoms with van der Waals surface area (Å²) in [6, 6.07) is 9.93. The highest BCUT2D eigenvalue weighted by Crippen LogP contribution is 2.41. The van der Waals surface area contributed by atoms with Crippen molar-refractivity contribution in [2.24, 2.45) is 5.73 Å². The third-order valence-corrected chi connectivity index (χ3v) is 4.87. The molecule has 1 aliphatic heterocycles. The topological polar surface area (TPSA) is 29.3 Å². The molecule has 0 bridgehead atoms. The number of hydrogen-bond acceptors (Lipinski definition) is 2. The number of nitrogens with two attached hydrogens (primary N) is 1. The summed E-state index contributed by atoms with van der Waals surface area (Å²) in [6.07, 6.45) is 5.10. The Balaban J connectivity index is 1.87. The van der Waals surface area contributed by atoms with Crippen LogP contribution in [0.1, 0.15) is 69.5 Å². The fraction of sp³-hybridized carbons (Fsp3) is 0.667. The zero-order chi connectivity index (χ0) is 14.3. The van der Waals surface area contributed by atoms with Gasteiger partial charge in [0.15, 0.2) is 0 Å². The predicted octanol–water partition coefficient (Wildman–Crippen LogP) is 3.83. The Morgan fingerprint density at radius 2 is 1.60 bits per heavy atom. The van der Waals surface area contributed by atoms with Crippen LogP contribution < -0.4 is 5.73 Å². The van der Waals surface area contributed by atoms with Crippen molar-refractivity contribution in [3.8, 4) is 0 Å². The summed E-state index contributed by atoms with van der Waals surface area (Å²) in [4.78, 5) is 2.59. The van der Waals surface area contributed by atoms with Crippen molar-refractivity contribution in [3.05, 3.63) is 35.4 Å². The summed E-state index contributed by atoms with van der Waals surface area (Å²) < 4.78 is 0. The molecular weight excluding hydrogens is 244 g/mol. The maximum atomic E-state index is 6.47. The molecule has 2 aliphatic rings. The molecule has 2 N–H and O–H groups in total. The van der Waals surface area contributed by atoms with Crippen molar-refractivity contribution in [1.82, 2.24) is 4.90 Å². The van der Waals surface area contributed by atoms with Crippen molar-refractivity contribution in [2.75, 3.05) is 6.54 Å². The standard InChI is InChI=1S/C18H28N2/c1-18(2,3)20-12-4-5-16(19)17(20)15-10-8-14(9-11-15)13-6-7-13/h8-11,13,16-17H,4-7,12,19H2,1-3H3. The number of benzene rings is 1. The SMILES string of the molecule is CC(C)(C)N1CCCC(N)C1c1ccc(C2CC2)cc1. The molecule has 1 heterocycles. The molecule has 0 amide bonds. The van der Waals surface area contributed by atoms with Crippen LogP contribution in [0.25, 0.3) is 0 Å². The third-order valence-electron chi connectivity index (χ3n) is 4.87. The van der Waals surface area contributed by atoms with Crippen molar-refractivity contribution < 1.29 is 0 Å². The first-order chi connectivity index (χ1) is 9.47. The van der Waals surface area contributed by atoms with Crippen molar-refractivity contribution >= 4 is 0 Å². The maximum Gasteiger partial charge on any atom is 0.0504 e. The zero-order valence-electron chi connectivity index (χ0n) is 13.1. The molecule has 20 heavy (non-hydrogen) atoms. The molecule has 1 saturated carbocycles. The molecule has 3 rings (SSSR count). The summed E-state index contributed by atoms with van der Waals surface area (Å²) in [6.45, 7) is 8.07. The molecule has 2 fully saturated rings. The number of piperidine rings is 1. The first kappa shape index (κ1) is 14.1. The van der Waals surface area contributed by atoms with E-state index in [2.05, 4.69) is 49.9 Å². The number of nitrogens with zero attached hydrogens (tertiary/aromatic N) is 1. The van der Waals surface area contributed by atoms with Gasteiger partial charge in [-0.1, -0.05) is 24.3 Å². The Kier molecular flexibility index (Phi) is 3.64. The van der Waals surface area contributed by atoms with Gasteiger partial charge < -0.3 is 5.73 Å². The van der Waals surface area contributed by atoms with Crippen molar-refractivity contribution in [3.63, 3.8) is 0 Å². The van der Waals surface area contributed by atoms with Gasteiger partial charge in [0, 0.05) is 11.6 Å². The van der Waals surface area contributed by atoms with Gasteiger partial charge in [-0.3, -0.25) is 4.90 Å². The Morgan fingerprint density at radius 1 is 1.00 bits per heavy atom. The third kappa shape index (κ3) is 2.77. The minimum absolute atomic E-state index is 0.178. The normalized spacial score (nSPS) is 28.6. The van der Waals surface area contributed by atoms with Crippen LogP contribution in [-0.2, 0) is 0 Å². The van der Waals surface area contributed by atoms with Gasteiger partial charge >= 0.3 is 0 Å². The minimum atomic E-state index is 0.178. The van der Waals surface area contributed by atoms with Crippen LogP contribution in [0.2, 0.25) is 0 Å². The summed E-state index contributed by atoms with van der Waals surface area (Å²) in [5.41, 5.74) is 9.56. The fourth-order valence-corrected chi connectivity index (χ4v) is 3.59. The monoisotopic (exact) mass is 272 g/mol. The summed E-state index contributed by atoms with van der Waals surface area (Å²) in [5, 5.41) is 0. The fourth-order valence-electron chi connectivity index (χ4n) is 3.59. The lowest BCUT2D eigenvalue weighted by Crippen LogP contribution is -2.53. The summed E-state index contributed by atoms with van der Waals surface area (Å²) in [5.74, 6) is 0.836. The van der Waals surface area contributed by atoms with E-state index in [9.17, 15) is 0 Å². The number of rotatable bonds is 2. The Labute approximate surface area is 123 Å². The lowest BCUT2D eigenvalue weighted by Gasteiger charge is -2.47. The minimum Gasteiger partial charge on any atom is -0.326 e. The molecule has 0 spiro atoms. The lowest BCUT2D eigenvalue weighted by molar-refractivity contribution is 0.0384. The van der Waals surface area contributed by atoms with Gasteiger partial charge in [-0.05, 0) is 70.0 Å². The van der Waals surface area contributed by atoms with Crippen molar-refractivity contribution in [1.29, 1.82) is 0 Å². The van der Waals surface area contributed by atoms with E-state index < -0.39 is 0 Å². The van der Waals surface area contributed by atoms with Crippen LogP contribution in [0.5, 0.6) is 0 Å². The van der Waals surface area contributed by atoms with Crippen molar-refractivity contribution in [2.45, 2.75) is 70.0 Å². The van der Waals surface area contributed by atoms with E-state index in [0.717, 1.165) is 18.9 Å². The van der Waals surface area contributed by atoms with Crippen LogP contribution in [0.3, 0.4) is 0 Å². The van der Waals surface area contributed by atoms with Crippen LogP contribution in [0, 0.1) is 0 Å². The number of likely N-dealkylation sites (tertiary alicyclic amines) is 1. The van der Waals surface area contributed by atoms with E-state index in [4.69, 9.17) is 5.73 Å². The van der Waals surface area contributed by atoms with Gasteiger partial charge in [-0.2, -0.15) is 0 Å². The van der Waals surface area contributed by atoms with Gasteiger partial charge in [-0.15, -0.1) is 0 Å². The molecule has 1 aromatic rings. The molecule has 2 atom stereocenters.